The van der Waals surface area contributed by atoms with E-state index < -0.39 is 0 Å². The van der Waals surface area contributed by atoms with Crippen LogP contribution in [0.5, 0.6) is 0 Å². The average Bonchev–Trinajstić information content (AvgIpc) is 3.09. The fraction of sp³-hybridized carbons (Fsp3) is 0.500. The highest BCUT2D eigenvalue weighted by molar-refractivity contribution is 7.15. The fourth-order valence-corrected chi connectivity index (χ4v) is 3.42. The van der Waals surface area contributed by atoms with Crippen LogP contribution in [0.3, 0.4) is 0 Å². The van der Waals surface area contributed by atoms with Crippen molar-refractivity contribution in [2.75, 3.05) is 5.32 Å². The van der Waals surface area contributed by atoms with Crippen molar-refractivity contribution in [1.29, 1.82) is 0 Å². The predicted octanol–water partition coefficient (Wildman–Crippen LogP) is 2.61. The summed E-state index contributed by atoms with van der Waals surface area (Å²) in [4.78, 5) is 16.1. The number of aromatic nitrogens is 3. The Balaban J connectivity index is 2.04. The zero-order valence-corrected chi connectivity index (χ0v) is 13.1. The van der Waals surface area contributed by atoms with Crippen molar-refractivity contribution < 1.29 is 4.79 Å². The molecule has 0 spiro atoms. The van der Waals surface area contributed by atoms with Crippen LogP contribution in [0.15, 0.2) is 5.38 Å². The highest BCUT2D eigenvalue weighted by Crippen LogP contribution is 2.28. The van der Waals surface area contributed by atoms with Crippen LogP contribution in [-0.4, -0.2) is 21.1 Å². The van der Waals surface area contributed by atoms with E-state index in [1.54, 1.807) is 5.38 Å². The van der Waals surface area contributed by atoms with E-state index in [-0.39, 0.29) is 5.91 Å². The van der Waals surface area contributed by atoms with Gasteiger partial charge in [0.15, 0.2) is 0 Å². The largest absolute Gasteiger partial charge is 0.325 e. The molecular formula is C12H17N5OS2. The Hall–Kier alpha value is -1.38. The van der Waals surface area contributed by atoms with Gasteiger partial charge in [-0.2, -0.15) is 0 Å². The highest BCUT2D eigenvalue weighted by atomic mass is 32.1. The zero-order chi connectivity index (χ0) is 14.5. The van der Waals surface area contributed by atoms with E-state index in [0.717, 1.165) is 22.9 Å². The molecule has 0 aliphatic carbocycles. The van der Waals surface area contributed by atoms with Gasteiger partial charge in [0.2, 0.25) is 5.13 Å². The third kappa shape index (κ3) is 3.38. The van der Waals surface area contributed by atoms with Gasteiger partial charge in [-0.3, -0.25) is 10.1 Å². The minimum atomic E-state index is -0.270. The number of rotatable bonds is 6. The molecule has 0 radical (unpaired) electrons. The number of carbonyl (C=O) groups excluding carboxylic acids is 1. The van der Waals surface area contributed by atoms with Crippen LogP contribution >= 0.6 is 22.7 Å². The Morgan fingerprint density at radius 2 is 2.15 bits per heavy atom. The van der Waals surface area contributed by atoms with Crippen LogP contribution in [0.25, 0.3) is 0 Å². The van der Waals surface area contributed by atoms with E-state index in [2.05, 4.69) is 34.3 Å². The Morgan fingerprint density at radius 1 is 1.40 bits per heavy atom. The standard InChI is InChI=1S/C12H17N5OS2/c1-3-7(4-2)11-16-17-12(20-11)15-10(18)8-6-19-9(5-13)14-8/h6-7H,3-5,13H2,1-2H3,(H,15,17,18). The van der Waals surface area contributed by atoms with Gasteiger partial charge in [0.05, 0.1) is 0 Å². The maximum Gasteiger partial charge on any atom is 0.276 e. The molecule has 108 valence electrons. The first-order chi connectivity index (χ1) is 9.67. The van der Waals surface area contributed by atoms with Crippen molar-refractivity contribution in [2.45, 2.75) is 39.2 Å². The van der Waals surface area contributed by atoms with E-state index in [4.69, 9.17) is 5.73 Å². The molecule has 0 saturated carbocycles. The molecule has 0 aliphatic rings. The van der Waals surface area contributed by atoms with Crippen molar-refractivity contribution in [3.63, 3.8) is 0 Å². The summed E-state index contributed by atoms with van der Waals surface area (Å²) in [5.74, 6) is 0.134. The quantitative estimate of drug-likeness (QED) is 0.855. The number of nitrogens with two attached hydrogens (primary N) is 1. The molecule has 0 bridgehead atoms. The maximum atomic E-state index is 12.0. The van der Waals surface area contributed by atoms with Gasteiger partial charge >= 0.3 is 0 Å². The molecular weight excluding hydrogens is 294 g/mol. The molecule has 0 aromatic carbocycles. The zero-order valence-electron chi connectivity index (χ0n) is 11.4. The minimum absolute atomic E-state index is 0.270. The van der Waals surface area contributed by atoms with E-state index in [9.17, 15) is 4.79 Å². The SMILES string of the molecule is CCC(CC)c1nnc(NC(=O)c2csc(CN)n2)s1. The van der Waals surface area contributed by atoms with Crippen LogP contribution in [0.2, 0.25) is 0 Å². The second kappa shape index (κ2) is 6.87. The van der Waals surface area contributed by atoms with E-state index in [1.165, 1.54) is 22.7 Å². The van der Waals surface area contributed by atoms with Crippen LogP contribution < -0.4 is 11.1 Å². The van der Waals surface area contributed by atoms with Crippen LogP contribution in [-0.2, 0) is 6.54 Å². The maximum absolute atomic E-state index is 12.0. The van der Waals surface area contributed by atoms with Gasteiger partial charge in [-0.15, -0.1) is 21.5 Å². The topological polar surface area (TPSA) is 93.8 Å². The molecule has 2 aromatic heterocycles. The number of amides is 1. The summed E-state index contributed by atoms with van der Waals surface area (Å²) in [6.07, 6.45) is 2.04. The molecule has 2 heterocycles. The molecule has 1 amide bonds. The van der Waals surface area contributed by atoms with Crippen LogP contribution in [0.4, 0.5) is 5.13 Å². The van der Waals surface area contributed by atoms with E-state index >= 15 is 0 Å². The van der Waals surface area contributed by atoms with Gasteiger partial charge < -0.3 is 5.73 Å². The molecule has 20 heavy (non-hydrogen) atoms. The molecule has 0 fully saturated rings. The van der Waals surface area contributed by atoms with Gasteiger partial charge in [-0.05, 0) is 12.8 Å². The van der Waals surface area contributed by atoms with Crippen molar-refractivity contribution in [3.05, 3.63) is 21.1 Å². The lowest BCUT2D eigenvalue weighted by Gasteiger charge is -2.05. The Morgan fingerprint density at radius 3 is 2.75 bits per heavy atom. The first-order valence-corrected chi connectivity index (χ1v) is 8.16. The second-order valence-corrected chi connectivity index (χ2v) is 6.20. The Bertz CT molecular complexity index is 576. The fourth-order valence-electron chi connectivity index (χ4n) is 1.76. The van der Waals surface area contributed by atoms with E-state index in [0.29, 0.717) is 23.3 Å². The third-order valence-electron chi connectivity index (χ3n) is 2.95. The molecule has 0 aliphatic heterocycles. The number of hydrogen-bond donors (Lipinski definition) is 2. The molecule has 2 aromatic rings. The lowest BCUT2D eigenvalue weighted by atomic mass is 10.1. The summed E-state index contributed by atoms with van der Waals surface area (Å²) in [5, 5.41) is 14.8. The summed E-state index contributed by atoms with van der Waals surface area (Å²) in [5.41, 5.74) is 5.85. The van der Waals surface area contributed by atoms with Gasteiger partial charge in [0, 0.05) is 17.8 Å². The summed E-state index contributed by atoms with van der Waals surface area (Å²) in [7, 11) is 0. The number of carbonyl (C=O) groups is 1. The molecule has 0 unspecified atom stereocenters. The Kier molecular flexibility index (Phi) is 5.16. The summed E-state index contributed by atoms with van der Waals surface area (Å²) in [6, 6.07) is 0. The summed E-state index contributed by atoms with van der Waals surface area (Å²) < 4.78 is 0. The number of nitrogens with zero attached hydrogens (tertiary/aromatic N) is 3. The average molecular weight is 311 g/mol. The van der Waals surface area contributed by atoms with Crippen molar-refractivity contribution in [2.24, 2.45) is 5.73 Å². The molecule has 8 heteroatoms. The first-order valence-electron chi connectivity index (χ1n) is 6.47. The molecule has 3 N–H and O–H groups in total. The summed E-state index contributed by atoms with van der Waals surface area (Å²) in [6.45, 7) is 4.59. The number of thiazole rings is 1. The number of hydrogen-bond acceptors (Lipinski definition) is 7. The van der Waals surface area contributed by atoms with Gasteiger partial charge in [0.1, 0.15) is 15.7 Å². The van der Waals surface area contributed by atoms with Crippen molar-refractivity contribution >= 4 is 33.7 Å². The molecule has 0 saturated heterocycles. The van der Waals surface area contributed by atoms with E-state index in [1.807, 2.05) is 0 Å². The highest BCUT2D eigenvalue weighted by Gasteiger charge is 2.16. The smallest absolute Gasteiger partial charge is 0.276 e. The molecule has 2 rings (SSSR count). The second-order valence-electron chi connectivity index (χ2n) is 4.24. The molecule has 6 nitrogen and oxygen atoms in total. The predicted molar refractivity (Wildman–Crippen MR) is 81.2 cm³/mol. The lowest BCUT2D eigenvalue weighted by molar-refractivity contribution is 0.102. The van der Waals surface area contributed by atoms with Gasteiger partial charge in [-0.25, -0.2) is 4.98 Å². The first kappa shape index (κ1) is 15.0. The van der Waals surface area contributed by atoms with Crippen molar-refractivity contribution in [1.82, 2.24) is 15.2 Å². The normalized spacial score (nSPS) is 11.0. The molecule has 0 atom stereocenters. The van der Waals surface area contributed by atoms with Crippen LogP contribution in [0, 0.1) is 0 Å². The number of anilines is 1. The monoisotopic (exact) mass is 311 g/mol. The van der Waals surface area contributed by atoms with Crippen molar-refractivity contribution in [3.8, 4) is 0 Å². The Labute approximate surface area is 125 Å². The van der Waals surface area contributed by atoms with Gasteiger partial charge in [0.25, 0.3) is 5.91 Å². The van der Waals surface area contributed by atoms with Gasteiger partial charge in [-0.1, -0.05) is 25.2 Å². The third-order valence-corrected chi connectivity index (χ3v) is 4.83. The summed E-state index contributed by atoms with van der Waals surface area (Å²) >= 11 is 2.80. The number of nitrogens with one attached hydrogen (secondary N) is 1. The van der Waals surface area contributed by atoms with Crippen LogP contribution in [0.1, 0.15) is 53.1 Å². The lowest BCUT2D eigenvalue weighted by Crippen LogP contribution is -2.12. The minimum Gasteiger partial charge on any atom is -0.325 e.